The molecule has 0 radical (unpaired) electrons. The SMILES string of the molecule is CC(CO)(NC1CCCC1)c1ccc(F)cc1. The van der Waals surface area contributed by atoms with E-state index >= 15 is 0 Å². The van der Waals surface area contributed by atoms with E-state index in [9.17, 15) is 9.50 Å². The average molecular weight is 237 g/mol. The molecule has 0 aliphatic heterocycles. The summed E-state index contributed by atoms with van der Waals surface area (Å²) in [4.78, 5) is 0. The van der Waals surface area contributed by atoms with Crippen LogP contribution < -0.4 is 5.32 Å². The fourth-order valence-electron chi connectivity index (χ4n) is 2.56. The summed E-state index contributed by atoms with van der Waals surface area (Å²) in [7, 11) is 0. The molecule has 0 saturated heterocycles. The summed E-state index contributed by atoms with van der Waals surface area (Å²) in [5.41, 5.74) is 0.469. The van der Waals surface area contributed by atoms with E-state index in [-0.39, 0.29) is 12.4 Å². The lowest BCUT2D eigenvalue weighted by molar-refractivity contribution is 0.161. The van der Waals surface area contributed by atoms with Crippen molar-refractivity contribution in [3.8, 4) is 0 Å². The normalized spacial score (nSPS) is 20.4. The van der Waals surface area contributed by atoms with Crippen molar-refractivity contribution >= 4 is 0 Å². The van der Waals surface area contributed by atoms with Gasteiger partial charge in [-0.25, -0.2) is 4.39 Å². The van der Waals surface area contributed by atoms with Crippen LogP contribution in [0.2, 0.25) is 0 Å². The van der Waals surface area contributed by atoms with E-state index in [2.05, 4.69) is 5.32 Å². The van der Waals surface area contributed by atoms with Crippen molar-refractivity contribution in [3.63, 3.8) is 0 Å². The Hall–Kier alpha value is -0.930. The van der Waals surface area contributed by atoms with Crippen LogP contribution in [0.5, 0.6) is 0 Å². The molecule has 2 rings (SSSR count). The summed E-state index contributed by atoms with van der Waals surface area (Å²) >= 11 is 0. The largest absolute Gasteiger partial charge is 0.394 e. The molecule has 1 aliphatic rings. The maximum absolute atomic E-state index is 12.9. The van der Waals surface area contributed by atoms with Crippen molar-refractivity contribution in [3.05, 3.63) is 35.6 Å². The van der Waals surface area contributed by atoms with Crippen LogP contribution in [0, 0.1) is 5.82 Å². The first-order valence-corrected chi connectivity index (χ1v) is 6.29. The molecule has 1 aromatic rings. The van der Waals surface area contributed by atoms with Crippen LogP contribution in [0.25, 0.3) is 0 Å². The molecule has 0 aromatic heterocycles. The molecule has 0 heterocycles. The summed E-state index contributed by atoms with van der Waals surface area (Å²) in [5.74, 6) is -0.241. The van der Waals surface area contributed by atoms with Crippen molar-refractivity contribution < 1.29 is 9.50 Å². The van der Waals surface area contributed by atoms with Crippen LogP contribution in [-0.4, -0.2) is 17.8 Å². The van der Waals surface area contributed by atoms with Gasteiger partial charge >= 0.3 is 0 Å². The highest BCUT2D eigenvalue weighted by molar-refractivity contribution is 5.24. The minimum absolute atomic E-state index is 0.0229. The number of rotatable bonds is 4. The fraction of sp³-hybridized carbons (Fsp3) is 0.571. The Bertz CT molecular complexity index is 359. The molecule has 3 heteroatoms. The van der Waals surface area contributed by atoms with Crippen LogP contribution in [0.3, 0.4) is 0 Å². The van der Waals surface area contributed by atoms with Gasteiger partial charge in [-0.2, -0.15) is 0 Å². The summed E-state index contributed by atoms with van der Waals surface area (Å²) in [6.45, 7) is 1.99. The van der Waals surface area contributed by atoms with E-state index < -0.39 is 5.54 Å². The van der Waals surface area contributed by atoms with E-state index in [0.717, 1.165) is 18.4 Å². The van der Waals surface area contributed by atoms with Gasteiger partial charge in [0.25, 0.3) is 0 Å². The quantitative estimate of drug-likeness (QED) is 0.843. The van der Waals surface area contributed by atoms with Gasteiger partial charge in [-0.3, -0.25) is 0 Å². The molecule has 1 aromatic carbocycles. The third-order valence-corrected chi connectivity index (χ3v) is 3.68. The van der Waals surface area contributed by atoms with Crippen molar-refractivity contribution in [2.24, 2.45) is 0 Å². The number of aliphatic hydroxyl groups is 1. The maximum Gasteiger partial charge on any atom is 0.123 e. The minimum Gasteiger partial charge on any atom is -0.394 e. The van der Waals surface area contributed by atoms with Gasteiger partial charge in [-0.15, -0.1) is 0 Å². The summed E-state index contributed by atoms with van der Waals surface area (Å²) in [6.07, 6.45) is 4.83. The zero-order valence-electron chi connectivity index (χ0n) is 10.2. The second-order valence-corrected chi connectivity index (χ2v) is 5.12. The van der Waals surface area contributed by atoms with Gasteiger partial charge < -0.3 is 10.4 Å². The molecule has 0 bridgehead atoms. The number of halogens is 1. The number of hydrogen-bond donors (Lipinski definition) is 2. The predicted molar refractivity (Wildman–Crippen MR) is 66.2 cm³/mol. The fourth-order valence-corrected chi connectivity index (χ4v) is 2.56. The van der Waals surface area contributed by atoms with E-state index in [1.807, 2.05) is 6.92 Å². The second kappa shape index (κ2) is 5.15. The van der Waals surface area contributed by atoms with Crippen LogP contribution in [0.15, 0.2) is 24.3 Å². The zero-order chi connectivity index (χ0) is 12.3. The highest BCUT2D eigenvalue weighted by Gasteiger charge is 2.29. The van der Waals surface area contributed by atoms with Crippen LogP contribution in [0.1, 0.15) is 38.2 Å². The van der Waals surface area contributed by atoms with Gasteiger partial charge in [0.1, 0.15) is 5.82 Å². The summed E-state index contributed by atoms with van der Waals surface area (Å²) in [6, 6.07) is 6.84. The average Bonchev–Trinajstić information content (AvgIpc) is 2.82. The topological polar surface area (TPSA) is 32.3 Å². The standard InChI is InChI=1S/C14H20FNO/c1-14(10-17,16-13-4-2-3-5-13)11-6-8-12(15)9-7-11/h6-9,13,16-17H,2-5,10H2,1H3. The lowest BCUT2D eigenvalue weighted by atomic mass is 9.91. The summed E-state index contributed by atoms with van der Waals surface area (Å²) in [5, 5.41) is 13.1. The van der Waals surface area contributed by atoms with Gasteiger partial charge in [-0.05, 0) is 37.5 Å². The van der Waals surface area contributed by atoms with Gasteiger partial charge in [0.15, 0.2) is 0 Å². The van der Waals surface area contributed by atoms with Gasteiger partial charge in [0.05, 0.1) is 12.1 Å². The number of benzene rings is 1. The predicted octanol–water partition coefficient (Wildman–Crippen LogP) is 2.57. The second-order valence-electron chi connectivity index (χ2n) is 5.12. The molecule has 1 fully saturated rings. The smallest absolute Gasteiger partial charge is 0.123 e. The minimum atomic E-state index is -0.470. The van der Waals surface area contributed by atoms with Gasteiger partial charge in [0, 0.05) is 6.04 Å². The maximum atomic E-state index is 12.9. The van der Waals surface area contributed by atoms with Crippen molar-refractivity contribution in [2.75, 3.05) is 6.61 Å². The Morgan fingerprint density at radius 2 is 1.88 bits per heavy atom. The number of aliphatic hydroxyl groups excluding tert-OH is 1. The Kier molecular flexibility index (Phi) is 3.79. The monoisotopic (exact) mass is 237 g/mol. The molecule has 0 amide bonds. The van der Waals surface area contributed by atoms with E-state index in [1.54, 1.807) is 12.1 Å². The Balaban J connectivity index is 2.14. The van der Waals surface area contributed by atoms with Gasteiger partial charge in [-0.1, -0.05) is 25.0 Å². The first-order chi connectivity index (χ1) is 8.14. The summed E-state index contributed by atoms with van der Waals surface area (Å²) < 4.78 is 12.9. The van der Waals surface area contributed by atoms with Crippen LogP contribution in [-0.2, 0) is 5.54 Å². The van der Waals surface area contributed by atoms with E-state index in [1.165, 1.54) is 25.0 Å². The molecule has 94 valence electrons. The molecule has 1 atom stereocenters. The molecular formula is C14H20FNO. The Morgan fingerprint density at radius 1 is 1.29 bits per heavy atom. The Labute approximate surface area is 102 Å². The third-order valence-electron chi connectivity index (χ3n) is 3.68. The Morgan fingerprint density at radius 3 is 2.41 bits per heavy atom. The number of hydrogen-bond acceptors (Lipinski definition) is 2. The highest BCUT2D eigenvalue weighted by Crippen LogP contribution is 2.26. The molecule has 2 nitrogen and oxygen atoms in total. The molecule has 0 spiro atoms. The lowest BCUT2D eigenvalue weighted by Crippen LogP contribution is -2.47. The molecule has 1 saturated carbocycles. The highest BCUT2D eigenvalue weighted by atomic mass is 19.1. The first-order valence-electron chi connectivity index (χ1n) is 6.29. The molecule has 17 heavy (non-hydrogen) atoms. The lowest BCUT2D eigenvalue weighted by Gasteiger charge is -2.32. The molecule has 2 N–H and O–H groups in total. The van der Waals surface area contributed by atoms with Crippen LogP contribution >= 0.6 is 0 Å². The zero-order valence-corrected chi connectivity index (χ0v) is 10.2. The van der Waals surface area contributed by atoms with E-state index in [0.29, 0.717) is 6.04 Å². The van der Waals surface area contributed by atoms with E-state index in [4.69, 9.17) is 0 Å². The van der Waals surface area contributed by atoms with Gasteiger partial charge in [0.2, 0.25) is 0 Å². The third kappa shape index (κ3) is 2.85. The van der Waals surface area contributed by atoms with Crippen LogP contribution in [0.4, 0.5) is 4.39 Å². The van der Waals surface area contributed by atoms with Crippen molar-refractivity contribution in [1.82, 2.24) is 5.32 Å². The molecular weight excluding hydrogens is 217 g/mol. The first kappa shape index (κ1) is 12.5. The number of nitrogens with one attached hydrogen (secondary N) is 1. The molecule has 1 aliphatic carbocycles. The van der Waals surface area contributed by atoms with Crippen molar-refractivity contribution in [2.45, 2.75) is 44.2 Å². The van der Waals surface area contributed by atoms with Crippen molar-refractivity contribution in [1.29, 1.82) is 0 Å². The molecule has 1 unspecified atom stereocenters.